The number of halogens is 1. The molecule has 0 aliphatic carbocycles. The van der Waals surface area contributed by atoms with E-state index in [2.05, 4.69) is 0 Å². The summed E-state index contributed by atoms with van der Waals surface area (Å²) in [6, 6.07) is 8.39. The predicted molar refractivity (Wildman–Crippen MR) is 86.5 cm³/mol. The van der Waals surface area contributed by atoms with E-state index in [0.717, 1.165) is 18.4 Å². The average molecular weight is 327 g/mol. The van der Waals surface area contributed by atoms with Crippen molar-refractivity contribution in [2.75, 3.05) is 6.54 Å². The molecule has 1 fully saturated rings. The molecule has 0 bridgehead atoms. The first-order valence-electron chi connectivity index (χ1n) is 7.36. The number of rotatable bonds is 4. The Morgan fingerprint density at radius 2 is 2.05 bits per heavy atom. The van der Waals surface area contributed by atoms with Crippen LogP contribution in [0.3, 0.4) is 0 Å². The summed E-state index contributed by atoms with van der Waals surface area (Å²) in [7, 11) is 0. The number of esters is 1. The Bertz CT molecular complexity index is 495. The van der Waals surface area contributed by atoms with Gasteiger partial charge in [0.1, 0.15) is 12.6 Å². The van der Waals surface area contributed by atoms with Crippen molar-refractivity contribution in [3.8, 4) is 0 Å². The molecule has 1 heterocycles. The maximum atomic E-state index is 12.2. The molecule has 5 nitrogen and oxygen atoms in total. The number of carbonyl (C=O) groups is 2. The summed E-state index contributed by atoms with van der Waals surface area (Å²) < 4.78 is 5.29. The molecule has 0 radical (unpaired) electrons. The Balaban J connectivity index is 0.00000242. The normalized spacial score (nSPS) is 19.8. The highest BCUT2D eigenvalue weighted by Crippen LogP contribution is 2.15. The molecule has 2 atom stereocenters. The highest BCUT2D eigenvalue weighted by Gasteiger charge is 2.31. The number of nitrogens with zero attached hydrogens (tertiary/aromatic N) is 1. The van der Waals surface area contributed by atoms with E-state index in [-0.39, 0.29) is 30.9 Å². The summed E-state index contributed by atoms with van der Waals surface area (Å²) in [6.07, 6.45) is 2.46. The van der Waals surface area contributed by atoms with Gasteiger partial charge in [0, 0.05) is 6.54 Å². The van der Waals surface area contributed by atoms with Gasteiger partial charge in [0.15, 0.2) is 0 Å². The standard InChI is InChI=1S/C16H22N2O3.ClH/c1-12(18-10-6-5-9-14(17)15(18)19)16(20)21-11-13-7-3-2-4-8-13;/h2-4,7-8,12,14H,5-6,9-11,17H2,1H3;1H. The lowest BCUT2D eigenvalue weighted by Crippen LogP contribution is -2.49. The molecule has 0 spiro atoms. The quantitative estimate of drug-likeness (QED) is 0.857. The molecule has 122 valence electrons. The molecule has 2 N–H and O–H groups in total. The minimum absolute atomic E-state index is 0. The van der Waals surface area contributed by atoms with Gasteiger partial charge in [-0.15, -0.1) is 12.4 Å². The molecule has 1 aliphatic rings. The van der Waals surface area contributed by atoms with Gasteiger partial charge in [-0.3, -0.25) is 4.79 Å². The smallest absolute Gasteiger partial charge is 0.328 e. The highest BCUT2D eigenvalue weighted by molar-refractivity contribution is 5.87. The predicted octanol–water partition coefficient (Wildman–Crippen LogP) is 1.88. The third kappa shape index (κ3) is 4.71. The monoisotopic (exact) mass is 326 g/mol. The molecule has 1 aromatic carbocycles. The van der Waals surface area contributed by atoms with E-state index in [1.807, 2.05) is 30.3 Å². The van der Waals surface area contributed by atoms with Crippen LogP contribution in [0.15, 0.2) is 30.3 Å². The summed E-state index contributed by atoms with van der Waals surface area (Å²) >= 11 is 0. The average Bonchev–Trinajstić information content (AvgIpc) is 2.67. The van der Waals surface area contributed by atoms with E-state index in [9.17, 15) is 9.59 Å². The lowest BCUT2D eigenvalue weighted by Gasteiger charge is -2.27. The lowest BCUT2D eigenvalue weighted by molar-refractivity contribution is -0.155. The number of hydrogen-bond donors (Lipinski definition) is 1. The van der Waals surface area contributed by atoms with Gasteiger partial charge in [0.25, 0.3) is 0 Å². The maximum absolute atomic E-state index is 12.2. The van der Waals surface area contributed by atoms with Gasteiger partial charge in [0.2, 0.25) is 5.91 Å². The molecule has 22 heavy (non-hydrogen) atoms. The summed E-state index contributed by atoms with van der Waals surface area (Å²) in [5, 5.41) is 0. The second-order valence-electron chi connectivity index (χ2n) is 5.40. The molecule has 6 heteroatoms. The van der Waals surface area contributed by atoms with Crippen LogP contribution in [-0.4, -0.2) is 35.4 Å². The van der Waals surface area contributed by atoms with Crippen LogP contribution in [0.1, 0.15) is 31.7 Å². The topological polar surface area (TPSA) is 72.6 Å². The molecule has 1 saturated heterocycles. The number of nitrogens with two attached hydrogens (primary N) is 1. The first-order chi connectivity index (χ1) is 10.1. The van der Waals surface area contributed by atoms with Crippen LogP contribution in [0.25, 0.3) is 0 Å². The van der Waals surface area contributed by atoms with Crippen molar-refractivity contribution in [3.05, 3.63) is 35.9 Å². The first-order valence-corrected chi connectivity index (χ1v) is 7.36. The summed E-state index contributed by atoms with van der Waals surface area (Å²) in [4.78, 5) is 25.8. The fourth-order valence-corrected chi connectivity index (χ4v) is 2.45. The van der Waals surface area contributed by atoms with E-state index in [1.54, 1.807) is 11.8 Å². The SMILES string of the molecule is CC(C(=O)OCc1ccccc1)N1CCCCC(N)C1=O.Cl. The van der Waals surface area contributed by atoms with E-state index in [0.29, 0.717) is 13.0 Å². The van der Waals surface area contributed by atoms with Crippen LogP contribution in [-0.2, 0) is 20.9 Å². The minimum Gasteiger partial charge on any atom is -0.459 e. The van der Waals surface area contributed by atoms with Crippen LogP contribution in [0, 0.1) is 0 Å². The van der Waals surface area contributed by atoms with Gasteiger partial charge in [-0.1, -0.05) is 30.3 Å². The fourth-order valence-electron chi connectivity index (χ4n) is 2.45. The van der Waals surface area contributed by atoms with Gasteiger partial charge in [-0.05, 0) is 31.7 Å². The largest absolute Gasteiger partial charge is 0.459 e. The maximum Gasteiger partial charge on any atom is 0.328 e. The zero-order valence-electron chi connectivity index (χ0n) is 12.7. The molecule has 0 saturated carbocycles. The Morgan fingerprint density at radius 3 is 2.73 bits per heavy atom. The van der Waals surface area contributed by atoms with Crippen LogP contribution < -0.4 is 5.73 Å². The van der Waals surface area contributed by atoms with Crippen LogP contribution in [0.4, 0.5) is 0 Å². The number of hydrogen-bond acceptors (Lipinski definition) is 4. The molecule has 2 unspecified atom stereocenters. The van der Waals surface area contributed by atoms with E-state index in [1.165, 1.54) is 0 Å². The van der Waals surface area contributed by atoms with Crippen LogP contribution in [0.5, 0.6) is 0 Å². The third-order valence-corrected chi connectivity index (χ3v) is 3.80. The Morgan fingerprint density at radius 1 is 1.36 bits per heavy atom. The number of carbonyl (C=O) groups excluding carboxylic acids is 2. The van der Waals surface area contributed by atoms with Crippen molar-refractivity contribution in [1.82, 2.24) is 4.90 Å². The van der Waals surface area contributed by atoms with Gasteiger partial charge >= 0.3 is 5.97 Å². The van der Waals surface area contributed by atoms with E-state index < -0.39 is 12.1 Å². The lowest BCUT2D eigenvalue weighted by atomic mass is 10.1. The van der Waals surface area contributed by atoms with Gasteiger partial charge in [0.05, 0.1) is 6.04 Å². The summed E-state index contributed by atoms with van der Waals surface area (Å²) in [6.45, 7) is 2.48. The number of benzene rings is 1. The number of ether oxygens (including phenoxy) is 1. The second-order valence-corrected chi connectivity index (χ2v) is 5.40. The Kier molecular flexibility index (Phi) is 7.35. The van der Waals surface area contributed by atoms with Gasteiger partial charge in [-0.2, -0.15) is 0 Å². The molecule has 1 aliphatic heterocycles. The molecular weight excluding hydrogens is 304 g/mol. The number of amides is 1. The summed E-state index contributed by atoms with van der Waals surface area (Å²) in [5.74, 6) is -0.544. The third-order valence-electron chi connectivity index (χ3n) is 3.80. The molecule has 1 aromatic rings. The van der Waals surface area contributed by atoms with Gasteiger partial charge in [-0.25, -0.2) is 4.79 Å². The van der Waals surface area contributed by atoms with Crippen molar-refractivity contribution in [1.29, 1.82) is 0 Å². The summed E-state index contributed by atoms with van der Waals surface area (Å²) in [5.41, 5.74) is 6.76. The van der Waals surface area contributed by atoms with E-state index >= 15 is 0 Å². The molecule has 2 rings (SSSR count). The fraction of sp³-hybridized carbons (Fsp3) is 0.500. The second kappa shape index (κ2) is 8.76. The van der Waals surface area contributed by atoms with Gasteiger partial charge < -0.3 is 15.4 Å². The van der Waals surface area contributed by atoms with Crippen molar-refractivity contribution in [3.63, 3.8) is 0 Å². The van der Waals surface area contributed by atoms with E-state index in [4.69, 9.17) is 10.5 Å². The Hall–Kier alpha value is -1.59. The van der Waals surface area contributed by atoms with Crippen molar-refractivity contribution >= 4 is 24.3 Å². The van der Waals surface area contributed by atoms with Crippen molar-refractivity contribution in [2.45, 2.75) is 44.9 Å². The Labute approximate surface area is 137 Å². The zero-order chi connectivity index (χ0) is 15.2. The number of likely N-dealkylation sites (tertiary alicyclic amines) is 1. The minimum atomic E-state index is -0.592. The van der Waals surface area contributed by atoms with Crippen molar-refractivity contribution in [2.24, 2.45) is 5.73 Å². The highest BCUT2D eigenvalue weighted by atomic mass is 35.5. The first kappa shape index (κ1) is 18.5. The molecule has 0 aromatic heterocycles. The molecule has 1 amide bonds. The zero-order valence-corrected chi connectivity index (χ0v) is 13.6. The van der Waals surface area contributed by atoms with Crippen LogP contribution >= 0.6 is 12.4 Å². The van der Waals surface area contributed by atoms with Crippen LogP contribution in [0.2, 0.25) is 0 Å². The van der Waals surface area contributed by atoms with Crippen molar-refractivity contribution < 1.29 is 14.3 Å². The molecular formula is C16H23ClN2O3.